The maximum absolute atomic E-state index is 12.0. The van der Waals surface area contributed by atoms with E-state index in [1.807, 2.05) is 0 Å². The molecule has 0 amide bonds. The summed E-state index contributed by atoms with van der Waals surface area (Å²) in [4.78, 5) is 12.0. The lowest BCUT2D eigenvalue weighted by Crippen LogP contribution is -2.61. The Balaban J connectivity index is 1.87. The van der Waals surface area contributed by atoms with Crippen LogP contribution in [0.4, 0.5) is 0 Å². The van der Waals surface area contributed by atoms with Gasteiger partial charge in [-0.25, -0.2) is 4.79 Å². The number of methoxy groups -OCH3 is 1. The number of hydrogen-bond acceptors (Lipinski definition) is 8. The van der Waals surface area contributed by atoms with Gasteiger partial charge in [-0.15, -0.1) is 0 Å². The molecular weight excluding hydrogens is 308 g/mol. The van der Waals surface area contributed by atoms with Crippen molar-refractivity contribution in [2.75, 3.05) is 13.7 Å². The molecular formula is C15H24O8. The van der Waals surface area contributed by atoms with Crippen molar-refractivity contribution < 1.29 is 38.3 Å². The number of hydrogen-bond donors (Lipinski definition) is 1. The van der Waals surface area contributed by atoms with E-state index in [1.54, 1.807) is 27.7 Å². The lowest BCUT2D eigenvalue weighted by molar-refractivity contribution is -0.298. The van der Waals surface area contributed by atoms with Crippen LogP contribution in [0.2, 0.25) is 0 Å². The van der Waals surface area contributed by atoms with E-state index in [2.05, 4.69) is 4.74 Å². The van der Waals surface area contributed by atoms with Crippen LogP contribution in [0, 0.1) is 0 Å². The van der Waals surface area contributed by atoms with Gasteiger partial charge >= 0.3 is 5.97 Å². The van der Waals surface area contributed by atoms with Crippen molar-refractivity contribution in [2.24, 2.45) is 0 Å². The van der Waals surface area contributed by atoms with Gasteiger partial charge in [0.15, 0.2) is 11.6 Å². The van der Waals surface area contributed by atoms with Gasteiger partial charge in [-0.2, -0.15) is 0 Å². The number of ether oxygens (including phenoxy) is 6. The quantitative estimate of drug-likeness (QED) is 0.722. The fourth-order valence-electron chi connectivity index (χ4n) is 3.37. The Hall–Kier alpha value is -0.770. The summed E-state index contributed by atoms with van der Waals surface area (Å²) in [6, 6.07) is 0. The Morgan fingerprint density at radius 2 is 1.61 bits per heavy atom. The van der Waals surface area contributed by atoms with Crippen molar-refractivity contribution in [1.29, 1.82) is 0 Å². The molecule has 3 aliphatic rings. The second-order valence-corrected chi connectivity index (χ2v) is 7.07. The molecule has 8 nitrogen and oxygen atoms in total. The minimum atomic E-state index is -2.10. The Bertz CT molecular complexity index is 490. The maximum Gasteiger partial charge on any atom is 0.366 e. The molecule has 23 heavy (non-hydrogen) atoms. The zero-order valence-electron chi connectivity index (χ0n) is 14.0. The lowest BCUT2D eigenvalue weighted by Gasteiger charge is -2.41. The number of carbonyl (C=O) groups excluding carboxylic acids is 1. The summed E-state index contributed by atoms with van der Waals surface area (Å²) in [7, 11) is 1.19. The number of carbonyl (C=O) groups is 1. The molecule has 5 atom stereocenters. The van der Waals surface area contributed by atoms with Gasteiger partial charge in [0.1, 0.15) is 18.3 Å². The summed E-state index contributed by atoms with van der Waals surface area (Å²) in [5, 5.41) is 10.6. The second-order valence-electron chi connectivity index (χ2n) is 7.07. The smallest absolute Gasteiger partial charge is 0.366 e. The minimum Gasteiger partial charge on any atom is -0.465 e. The predicted molar refractivity (Wildman–Crippen MR) is 75.2 cm³/mol. The van der Waals surface area contributed by atoms with Gasteiger partial charge in [-0.1, -0.05) is 0 Å². The molecule has 0 spiro atoms. The Kier molecular flexibility index (Phi) is 3.98. The fourth-order valence-corrected chi connectivity index (χ4v) is 3.37. The van der Waals surface area contributed by atoms with E-state index in [-0.39, 0.29) is 13.0 Å². The highest BCUT2D eigenvalue weighted by Gasteiger charge is 2.60. The van der Waals surface area contributed by atoms with E-state index in [9.17, 15) is 9.90 Å². The number of rotatable bonds is 2. The third kappa shape index (κ3) is 3.11. The van der Waals surface area contributed by atoms with Crippen LogP contribution in [0.25, 0.3) is 0 Å². The van der Waals surface area contributed by atoms with Crippen LogP contribution in [-0.4, -0.2) is 66.6 Å². The van der Waals surface area contributed by atoms with Crippen molar-refractivity contribution in [1.82, 2.24) is 0 Å². The molecule has 0 bridgehead atoms. The number of fused-ring (bicyclic) bond motifs is 1. The minimum absolute atomic E-state index is 0.0682. The fraction of sp³-hybridized carbons (Fsp3) is 0.933. The van der Waals surface area contributed by atoms with Crippen LogP contribution in [-0.2, 0) is 33.2 Å². The van der Waals surface area contributed by atoms with Crippen molar-refractivity contribution in [3.8, 4) is 0 Å². The molecule has 3 aliphatic heterocycles. The number of esters is 1. The highest BCUT2D eigenvalue weighted by Crippen LogP contribution is 2.43. The van der Waals surface area contributed by atoms with Gasteiger partial charge < -0.3 is 33.5 Å². The SMILES string of the molecule is COC(=O)[C@]1(O)C[C@H]2OC(C)(C)O[C@H]2C([C@H]2COC(C)(C)O2)O1. The van der Waals surface area contributed by atoms with Gasteiger partial charge in [0.05, 0.1) is 19.8 Å². The lowest BCUT2D eigenvalue weighted by atomic mass is 9.93. The molecule has 0 aromatic heterocycles. The average molecular weight is 332 g/mol. The van der Waals surface area contributed by atoms with Crippen molar-refractivity contribution in [3.63, 3.8) is 0 Å². The van der Waals surface area contributed by atoms with Crippen LogP contribution >= 0.6 is 0 Å². The summed E-state index contributed by atoms with van der Waals surface area (Å²) in [6.07, 6.45) is -2.27. The summed E-state index contributed by atoms with van der Waals surface area (Å²) < 4.78 is 33.5. The molecule has 0 radical (unpaired) electrons. The largest absolute Gasteiger partial charge is 0.465 e. The van der Waals surface area contributed by atoms with E-state index >= 15 is 0 Å². The van der Waals surface area contributed by atoms with E-state index in [4.69, 9.17) is 23.7 Å². The molecule has 1 unspecified atom stereocenters. The Labute approximate surface area is 134 Å². The zero-order chi connectivity index (χ0) is 17.0. The van der Waals surface area contributed by atoms with E-state index in [1.165, 1.54) is 7.11 Å². The summed E-state index contributed by atoms with van der Waals surface area (Å²) >= 11 is 0. The first-order chi connectivity index (χ1) is 10.6. The molecule has 3 fully saturated rings. The van der Waals surface area contributed by atoms with Gasteiger partial charge in [0, 0.05) is 6.42 Å². The van der Waals surface area contributed by atoms with E-state index < -0.39 is 47.7 Å². The van der Waals surface area contributed by atoms with Gasteiger partial charge in [0.25, 0.3) is 5.79 Å². The second kappa shape index (κ2) is 5.37. The molecule has 0 aromatic rings. The normalized spacial score (nSPS) is 44.8. The molecule has 0 saturated carbocycles. The first-order valence-electron chi connectivity index (χ1n) is 7.71. The zero-order valence-corrected chi connectivity index (χ0v) is 14.0. The standard InChI is InChI=1S/C15H24O8/c1-13(2)19-7-9(21-13)11-10-8(20-14(3,4)22-10)6-15(17,23-11)12(16)18-5/h8-11,17H,6-7H2,1-5H3/t8-,9-,10-,11?,15+/m1/s1. The van der Waals surface area contributed by atoms with Crippen LogP contribution < -0.4 is 0 Å². The molecule has 3 heterocycles. The maximum atomic E-state index is 12.0. The molecule has 0 aliphatic carbocycles. The van der Waals surface area contributed by atoms with Crippen molar-refractivity contribution in [2.45, 2.75) is 75.9 Å². The summed E-state index contributed by atoms with van der Waals surface area (Å²) in [5.41, 5.74) is 0. The third-order valence-corrected chi connectivity index (χ3v) is 4.26. The monoisotopic (exact) mass is 332 g/mol. The molecule has 0 aromatic carbocycles. The Morgan fingerprint density at radius 1 is 1.00 bits per heavy atom. The molecule has 8 heteroatoms. The topological polar surface area (TPSA) is 92.7 Å². The van der Waals surface area contributed by atoms with Gasteiger partial charge in [0.2, 0.25) is 0 Å². The molecule has 1 N–H and O–H groups in total. The van der Waals surface area contributed by atoms with Crippen molar-refractivity contribution >= 4 is 5.97 Å². The van der Waals surface area contributed by atoms with Crippen LogP contribution in [0.5, 0.6) is 0 Å². The van der Waals surface area contributed by atoms with Crippen LogP contribution in [0.1, 0.15) is 34.1 Å². The summed E-state index contributed by atoms with van der Waals surface area (Å²) in [5.74, 6) is -4.57. The van der Waals surface area contributed by atoms with Gasteiger partial charge in [-0.05, 0) is 27.7 Å². The summed E-state index contributed by atoms with van der Waals surface area (Å²) in [6.45, 7) is 7.39. The average Bonchev–Trinajstić information content (AvgIpc) is 2.94. The van der Waals surface area contributed by atoms with E-state index in [0.29, 0.717) is 0 Å². The van der Waals surface area contributed by atoms with Crippen LogP contribution in [0.15, 0.2) is 0 Å². The first-order valence-corrected chi connectivity index (χ1v) is 7.71. The highest BCUT2D eigenvalue weighted by atomic mass is 16.8. The molecule has 3 rings (SSSR count). The third-order valence-electron chi connectivity index (χ3n) is 4.26. The first kappa shape index (κ1) is 17.1. The van der Waals surface area contributed by atoms with Gasteiger partial charge in [-0.3, -0.25) is 0 Å². The predicted octanol–water partition coefficient (Wildman–Crippen LogP) is 0.308. The van der Waals surface area contributed by atoms with E-state index in [0.717, 1.165) is 0 Å². The highest BCUT2D eigenvalue weighted by molar-refractivity contribution is 5.77. The Morgan fingerprint density at radius 3 is 2.17 bits per heavy atom. The molecule has 3 saturated heterocycles. The van der Waals surface area contributed by atoms with Crippen LogP contribution in [0.3, 0.4) is 0 Å². The number of aliphatic hydroxyl groups is 1. The van der Waals surface area contributed by atoms with Crippen molar-refractivity contribution in [3.05, 3.63) is 0 Å². The molecule has 132 valence electrons.